The van der Waals surface area contributed by atoms with Crippen molar-refractivity contribution in [1.82, 2.24) is 0 Å². The predicted octanol–water partition coefficient (Wildman–Crippen LogP) is 3.82. The number of amides is 1. The summed E-state index contributed by atoms with van der Waals surface area (Å²) in [4.78, 5) is 14.0. The fourth-order valence-electron chi connectivity index (χ4n) is 2.43. The Labute approximate surface area is 134 Å². The van der Waals surface area contributed by atoms with E-state index in [0.717, 1.165) is 11.8 Å². The average Bonchev–Trinajstić information content (AvgIpc) is 2.52. The van der Waals surface area contributed by atoms with Gasteiger partial charge in [0.05, 0.1) is 7.11 Å². The van der Waals surface area contributed by atoms with Crippen LogP contribution >= 0.6 is 0 Å². The molecule has 0 radical (unpaired) electrons. The molecule has 0 N–H and O–H groups in total. The topological polar surface area (TPSA) is 29.5 Å². The van der Waals surface area contributed by atoms with E-state index in [9.17, 15) is 13.6 Å². The van der Waals surface area contributed by atoms with Crippen molar-refractivity contribution in [3.05, 3.63) is 59.7 Å². The van der Waals surface area contributed by atoms with Crippen LogP contribution in [-0.2, 0) is 11.2 Å². The van der Waals surface area contributed by atoms with Gasteiger partial charge in [-0.2, -0.15) is 0 Å². The standard InChI is InChI=1S/C18H19F2NO2/c1-12(8-13-9-14(19)11-15(20)10-13)18(22)21(2)16-4-6-17(23-3)7-5-16/h4-7,9-12H,8H2,1-3H3/t12-/m0/s1. The van der Waals surface area contributed by atoms with E-state index in [-0.39, 0.29) is 12.3 Å². The number of rotatable bonds is 5. The summed E-state index contributed by atoms with van der Waals surface area (Å²) in [7, 11) is 3.25. The third-order valence-electron chi connectivity index (χ3n) is 3.68. The molecule has 2 rings (SSSR count). The summed E-state index contributed by atoms with van der Waals surface area (Å²) in [5, 5.41) is 0. The smallest absolute Gasteiger partial charge is 0.229 e. The van der Waals surface area contributed by atoms with Gasteiger partial charge in [-0.05, 0) is 48.4 Å². The second-order valence-electron chi connectivity index (χ2n) is 5.48. The molecule has 0 aliphatic rings. The zero-order valence-corrected chi connectivity index (χ0v) is 13.3. The number of benzene rings is 2. The monoisotopic (exact) mass is 319 g/mol. The van der Waals surface area contributed by atoms with Crippen LogP contribution < -0.4 is 9.64 Å². The molecule has 0 spiro atoms. The molecule has 5 heteroatoms. The summed E-state index contributed by atoms with van der Waals surface area (Å²) >= 11 is 0. The van der Waals surface area contributed by atoms with Gasteiger partial charge in [0, 0.05) is 24.7 Å². The van der Waals surface area contributed by atoms with E-state index < -0.39 is 17.6 Å². The van der Waals surface area contributed by atoms with Crippen molar-refractivity contribution < 1.29 is 18.3 Å². The van der Waals surface area contributed by atoms with E-state index in [2.05, 4.69) is 0 Å². The lowest BCUT2D eigenvalue weighted by molar-refractivity contribution is -0.121. The molecular weight excluding hydrogens is 300 g/mol. The first-order valence-electron chi connectivity index (χ1n) is 7.27. The minimum atomic E-state index is -0.636. The number of ether oxygens (including phenoxy) is 1. The van der Waals surface area contributed by atoms with E-state index in [4.69, 9.17) is 4.74 Å². The zero-order valence-electron chi connectivity index (χ0n) is 13.3. The quantitative estimate of drug-likeness (QED) is 0.838. The van der Waals surface area contributed by atoms with Crippen LogP contribution in [0.25, 0.3) is 0 Å². The molecule has 0 bridgehead atoms. The van der Waals surface area contributed by atoms with Crippen molar-refractivity contribution in [3.8, 4) is 5.75 Å². The van der Waals surface area contributed by atoms with Crippen LogP contribution in [0.4, 0.5) is 14.5 Å². The molecule has 122 valence electrons. The molecule has 0 saturated carbocycles. The normalized spacial score (nSPS) is 11.9. The molecule has 0 aromatic heterocycles. The lowest BCUT2D eigenvalue weighted by atomic mass is 9.99. The number of carbonyl (C=O) groups is 1. The summed E-state index contributed by atoms with van der Waals surface area (Å²) < 4.78 is 31.5. The molecular formula is C18H19F2NO2. The van der Waals surface area contributed by atoms with Gasteiger partial charge in [-0.1, -0.05) is 6.92 Å². The summed E-state index contributed by atoms with van der Waals surface area (Å²) in [6.07, 6.45) is 0.272. The molecule has 2 aromatic rings. The molecule has 0 aliphatic carbocycles. The summed E-state index contributed by atoms with van der Waals surface area (Å²) in [5.74, 6) is -1.09. The van der Waals surface area contributed by atoms with Crippen LogP contribution in [0.1, 0.15) is 12.5 Å². The van der Waals surface area contributed by atoms with Crippen molar-refractivity contribution in [3.63, 3.8) is 0 Å². The molecule has 23 heavy (non-hydrogen) atoms. The van der Waals surface area contributed by atoms with Crippen molar-refractivity contribution in [2.75, 3.05) is 19.1 Å². The number of anilines is 1. The minimum absolute atomic E-state index is 0.125. The third kappa shape index (κ3) is 4.28. The van der Waals surface area contributed by atoms with E-state index >= 15 is 0 Å². The van der Waals surface area contributed by atoms with Crippen molar-refractivity contribution >= 4 is 11.6 Å². The Balaban J connectivity index is 2.08. The first kappa shape index (κ1) is 16.9. The number of halogens is 2. The zero-order chi connectivity index (χ0) is 17.0. The van der Waals surface area contributed by atoms with Crippen LogP contribution in [0.3, 0.4) is 0 Å². The van der Waals surface area contributed by atoms with Crippen LogP contribution in [0.15, 0.2) is 42.5 Å². The molecule has 0 saturated heterocycles. The first-order chi connectivity index (χ1) is 10.9. The molecule has 3 nitrogen and oxygen atoms in total. The van der Waals surface area contributed by atoms with Gasteiger partial charge in [-0.3, -0.25) is 4.79 Å². The van der Waals surface area contributed by atoms with Gasteiger partial charge in [0.15, 0.2) is 0 Å². The van der Waals surface area contributed by atoms with E-state index in [1.807, 2.05) is 0 Å². The Kier molecular flexibility index (Phi) is 5.32. The number of carbonyl (C=O) groups excluding carboxylic acids is 1. The van der Waals surface area contributed by atoms with Crippen LogP contribution in [-0.4, -0.2) is 20.1 Å². The number of nitrogens with zero attached hydrogens (tertiary/aromatic N) is 1. The lowest BCUT2D eigenvalue weighted by Gasteiger charge is -2.22. The Hall–Kier alpha value is -2.43. The summed E-state index contributed by atoms with van der Waals surface area (Å²) in [5.41, 5.74) is 1.19. The van der Waals surface area contributed by atoms with E-state index in [1.54, 1.807) is 45.3 Å². The van der Waals surface area contributed by atoms with Gasteiger partial charge in [0.1, 0.15) is 17.4 Å². The molecule has 0 fully saturated rings. The van der Waals surface area contributed by atoms with Crippen molar-refractivity contribution in [2.24, 2.45) is 5.92 Å². The molecule has 0 aliphatic heterocycles. The maximum Gasteiger partial charge on any atom is 0.229 e. The Morgan fingerprint density at radius 3 is 2.22 bits per heavy atom. The van der Waals surface area contributed by atoms with Gasteiger partial charge < -0.3 is 9.64 Å². The number of methoxy groups -OCH3 is 1. The number of hydrogen-bond acceptors (Lipinski definition) is 2. The Bertz CT molecular complexity index is 666. The van der Waals surface area contributed by atoms with Gasteiger partial charge in [0.25, 0.3) is 0 Å². The maximum absolute atomic E-state index is 13.2. The van der Waals surface area contributed by atoms with Crippen LogP contribution in [0, 0.1) is 17.6 Å². The van der Waals surface area contributed by atoms with Gasteiger partial charge in [0.2, 0.25) is 5.91 Å². The van der Waals surface area contributed by atoms with E-state index in [0.29, 0.717) is 11.3 Å². The highest BCUT2D eigenvalue weighted by Gasteiger charge is 2.19. The summed E-state index contributed by atoms with van der Waals surface area (Å²) in [6, 6.07) is 10.4. The highest BCUT2D eigenvalue weighted by Crippen LogP contribution is 2.21. The molecule has 2 aromatic carbocycles. The third-order valence-corrected chi connectivity index (χ3v) is 3.68. The number of hydrogen-bond donors (Lipinski definition) is 0. The van der Waals surface area contributed by atoms with Gasteiger partial charge in [-0.25, -0.2) is 8.78 Å². The van der Waals surface area contributed by atoms with Gasteiger partial charge in [-0.15, -0.1) is 0 Å². The maximum atomic E-state index is 13.2. The highest BCUT2D eigenvalue weighted by atomic mass is 19.1. The largest absolute Gasteiger partial charge is 0.497 e. The van der Waals surface area contributed by atoms with Crippen LogP contribution in [0.5, 0.6) is 5.75 Å². The molecule has 0 unspecified atom stereocenters. The minimum Gasteiger partial charge on any atom is -0.497 e. The van der Waals surface area contributed by atoms with Crippen LogP contribution in [0.2, 0.25) is 0 Å². The second kappa shape index (κ2) is 7.22. The molecule has 1 amide bonds. The Morgan fingerprint density at radius 1 is 1.13 bits per heavy atom. The second-order valence-corrected chi connectivity index (χ2v) is 5.48. The fourth-order valence-corrected chi connectivity index (χ4v) is 2.43. The SMILES string of the molecule is COc1ccc(N(C)C(=O)[C@@H](C)Cc2cc(F)cc(F)c2)cc1. The fraction of sp³-hybridized carbons (Fsp3) is 0.278. The lowest BCUT2D eigenvalue weighted by Crippen LogP contribution is -2.32. The summed E-state index contributed by atoms with van der Waals surface area (Å²) in [6.45, 7) is 1.74. The predicted molar refractivity (Wildman–Crippen MR) is 85.6 cm³/mol. The van der Waals surface area contributed by atoms with Crippen molar-refractivity contribution in [1.29, 1.82) is 0 Å². The molecule has 1 atom stereocenters. The Morgan fingerprint density at radius 2 is 1.70 bits per heavy atom. The van der Waals surface area contributed by atoms with Gasteiger partial charge >= 0.3 is 0 Å². The van der Waals surface area contributed by atoms with E-state index in [1.165, 1.54) is 17.0 Å². The van der Waals surface area contributed by atoms with Crippen molar-refractivity contribution in [2.45, 2.75) is 13.3 Å². The highest BCUT2D eigenvalue weighted by molar-refractivity contribution is 5.94. The first-order valence-corrected chi connectivity index (χ1v) is 7.27. The molecule has 0 heterocycles. The average molecular weight is 319 g/mol.